The summed E-state index contributed by atoms with van der Waals surface area (Å²) < 4.78 is 0. The Hall–Kier alpha value is -3.54. The van der Waals surface area contributed by atoms with E-state index >= 15 is 0 Å². The highest BCUT2D eigenvalue weighted by Crippen LogP contribution is 2.68. The zero-order valence-corrected chi connectivity index (χ0v) is 18.9. The molecule has 4 fully saturated rings. The fourth-order valence-corrected chi connectivity index (χ4v) is 7.50. The number of benzene rings is 2. The van der Waals surface area contributed by atoms with E-state index in [0.717, 1.165) is 11.1 Å². The van der Waals surface area contributed by atoms with Crippen molar-refractivity contribution >= 4 is 35.0 Å². The third-order valence-electron chi connectivity index (χ3n) is 8.93. The average Bonchev–Trinajstić information content (AvgIpc) is 3.19. The Morgan fingerprint density at radius 1 is 0.500 bits per heavy atom. The Kier molecular flexibility index (Phi) is 3.82. The van der Waals surface area contributed by atoms with Gasteiger partial charge in [-0.1, -0.05) is 47.5 Å². The second-order valence-electron chi connectivity index (χ2n) is 10.5. The number of hydrogen-bond acceptors (Lipinski definition) is 4. The summed E-state index contributed by atoms with van der Waals surface area (Å²) in [6.07, 6.45) is 4.08. The van der Waals surface area contributed by atoms with Gasteiger partial charge in [0.15, 0.2) is 0 Å². The first kappa shape index (κ1) is 19.9. The van der Waals surface area contributed by atoms with Gasteiger partial charge in [0.05, 0.1) is 35.0 Å². The molecular formula is C28H24N2O4. The smallest absolute Gasteiger partial charge is 0.238 e. The number of nitrogens with zero attached hydrogens (tertiary/aromatic N) is 2. The molecule has 2 saturated carbocycles. The molecule has 34 heavy (non-hydrogen) atoms. The van der Waals surface area contributed by atoms with Crippen LogP contribution in [0.25, 0.3) is 0 Å². The van der Waals surface area contributed by atoms with E-state index < -0.39 is 23.7 Å². The summed E-state index contributed by atoms with van der Waals surface area (Å²) in [5.74, 6) is -2.92. The van der Waals surface area contributed by atoms with E-state index in [1.807, 2.05) is 74.5 Å². The number of fused-ring (bicyclic) bond motifs is 1. The fraction of sp³-hybridized carbons (Fsp3) is 0.357. The topological polar surface area (TPSA) is 74.8 Å². The van der Waals surface area contributed by atoms with Crippen LogP contribution in [0.15, 0.2) is 60.7 Å². The van der Waals surface area contributed by atoms with Gasteiger partial charge in [-0.2, -0.15) is 0 Å². The predicted octanol–water partition coefficient (Wildman–Crippen LogP) is 3.28. The molecule has 6 heteroatoms. The molecule has 6 aliphatic rings. The maximum Gasteiger partial charge on any atom is 0.238 e. The second kappa shape index (κ2) is 6.53. The number of amides is 4. The quantitative estimate of drug-likeness (QED) is 0.518. The lowest BCUT2D eigenvalue weighted by Gasteiger charge is -2.60. The average molecular weight is 453 g/mol. The van der Waals surface area contributed by atoms with E-state index in [2.05, 4.69) is 0 Å². The largest absolute Gasteiger partial charge is 0.274 e. The Bertz CT molecular complexity index is 1250. The Morgan fingerprint density at radius 2 is 0.824 bits per heavy atom. The van der Waals surface area contributed by atoms with Crippen molar-refractivity contribution in [2.45, 2.75) is 13.8 Å². The number of carbonyl (C=O) groups is 4. The molecule has 2 bridgehead atoms. The molecule has 0 radical (unpaired) electrons. The number of anilines is 2. The standard InChI is InChI=1S/C28H24N2O4/c1-13-3-7-15(8-4-13)29-25(31)21-17-11-12-18(22(21)26(29)32)20-19(17)23-24(20)28(34)30(27(23)33)16-9-5-14(2)6-10-16/h3-12,17-24H,1-2H3/t17-,18+,19+,20-,21+,22-,23-,24-/m0/s1. The molecule has 2 heterocycles. The van der Waals surface area contributed by atoms with Gasteiger partial charge in [-0.3, -0.25) is 29.0 Å². The third kappa shape index (κ3) is 2.26. The molecule has 2 aliphatic heterocycles. The van der Waals surface area contributed by atoms with Gasteiger partial charge < -0.3 is 0 Å². The van der Waals surface area contributed by atoms with Crippen molar-refractivity contribution in [1.29, 1.82) is 0 Å². The zero-order valence-electron chi connectivity index (χ0n) is 18.9. The van der Waals surface area contributed by atoms with Crippen molar-refractivity contribution in [3.8, 4) is 0 Å². The highest BCUT2D eigenvalue weighted by atomic mass is 16.2. The van der Waals surface area contributed by atoms with Gasteiger partial charge in [0, 0.05) is 0 Å². The van der Waals surface area contributed by atoms with Gasteiger partial charge in [-0.05, 0) is 61.8 Å². The number of rotatable bonds is 2. The van der Waals surface area contributed by atoms with E-state index in [0.29, 0.717) is 11.4 Å². The third-order valence-corrected chi connectivity index (χ3v) is 8.93. The van der Waals surface area contributed by atoms with Gasteiger partial charge in [0.1, 0.15) is 0 Å². The summed E-state index contributed by atoms with van der Waals surface area (Å²) in [5, 5.41) is 0. The van der Waals surface area contributed by atoms with Crippen molar-refractivity contribution < 1.29 is 19.2 Å². The first-order valence-electron chi connectivity index (χ1n) is 12.0. The minimum absolute atomic E-state index is 0.0668. The maximum absolute atomic E-state index is 13.6. The van der Waals surface area contributed by atoms with Crippen LogP contribution >= 0.6 is 0 Å². The predicted molar refractivity (Wildman–Crippen MR) is 124 cm³/mol. The van der Waals surface area contributed by atoms with Crippen molar-refractivity contribution in [1.82, 2.24) is 0 Å². The van der Waals surface area contributed by atoms with E-state index in [9.17, 15) is 19.2 Å². The molecule has 6 nitrogen and oxygen atoms in total. The monoisotopic (exact) mass is 452 g/mol. The van der Waals surface area contributed by atoms with Crippen molar-refractivity contribution in [3.05, 3.63) is 71.8 Å². The molecule has 0 spiro atoms. The summed E-state index contributed by atoms with van der Waals surface area (Å²) in [6.45, 7) is 3.93. The van der Waals surface area contributed by atoms with Crippen molar-refractivity contribution in [3.63, 3.8) is 0 Å². The summed E-state index contributed by atoms with van der Waals surface area (Å²) in [4.78, 5) is 56.7. The molecule has 0 aromatic heterocycles. The Balaban J connectivity index is 1.25. The minimum Gasteiger partial charge on any atom is -0.274 e. The SMILES string of the molecule is Cc1ccc(N2C(=O)[C@@H]3[C@@H](C2=O)[C@@H]2[C@@H]4C=C[C@@H]([C@@H]5C(=O)N(c6ccc(C)cc6)C(=O)[C@H]45)[C@H]32)cc1. The van der Waals surface area contributed by atoms with Crippen LogP contribution in [0.3, 0.4) is 0 Å². The summed E-state index contributed by atoms with van der Waals surface area (Å²) in [6, 6.07) is 14.8. The van der Waals surface area contributed by atoms with E-state index in [1.165, 1.54) is 9.80 Å². The number of hydrogen-bond donors (Lipinski definition) is 0. The van der Waals surface area contributed by atoms with Gasteiger partial charge >= 0.3 is 0 Å². The number of allylic oxidation sites excluding steroid dienone is 2. The lowest BCUT2D eigenvalue weighted by molar-refractivity contribution is -0.166. The molecular weight excluding hydrogens is 428 g/mol. The van der Waals surface area contributed by atoms with E-state index in [1.54, 1.807) is 0 Å². The summed E-state index contributed by atoms with van der Waals surface area (Å²) in [5.41, 5.74) is 3.32. The van der Waals surface area contributed by atoms with Crippen LogP contribution in [0.5, 0.6) is 0 Å². The molecule has 170 valence electrons. The molecule has 8 atom stereocenters. The molecule has 0 unspecified atom stereocenters. The van der Waals surface area contributed by atoms with Crippen LogP contribution in [0.4, 0.5) is 11.4 Å². The van der Waals surface area contributed by atoms with Crippen molar-refractivity contribution in [2.75, 3.05) is 9.80 Å². The van der Waals surface area contributed by atoms with Crippen LogP contribution in [0.1, 0.15) is 11.1 Å². The lowest BCUT2D eigenvalue weighted by Crippen LogP contribution is -2.63. The molecule has 0 N–H and O–H groups in total. The maximum atomic E-state index is 13.6. The molecule has 2 aromatic rings. The molecule has 2 aromatic carbocycles. The highest BCUT2D eigenvalue weighted by Gasteiger charge is 2.75. The van der Waals surface area contributed by atoms with Crippen LogP contribution in [-0.2, 0) is 19.2 Å². The summed E-state index contributed by atoms with van der Waals surface area (Å²) in [7, 11) is 0. The first-order valence-corrected chi connectivity index (χ1v) is 12.0. The molecule has 2 saturated heterocycles. The molecule has 4 aliphatic carbocycles. The highest BCUT2D eigenvalue weighted by molar-refractivity contribution is 6.25. The van der Waals surface area contributed by atoms with Crippen LogP contribution in [0, 0.1) is 61.2 Å². The number of imide groups is 2. The van der Waals surface area contributed by atoms with E-state index in [-0.39, 0.29) is 47.3 Å². The molecule has 8 rings (SSSR count). The first-order chi connectivity index (χ1) is 16.4. The van der Waals surface area contributed by atoms with Gasteiger partial charge in [0.25, 0.3) is 0 Å². The van der Waals surface area contributed by atoms with Crippen LogP contribution in [-0.4, -0.2) is 23.6 Å². The minimum atomic E-state index is -0.456. The van der Waals surface area contributed by atoms with Gasteiger partial charge in [0.2, 0.25) is 23.6 Å². The zero-order chi connectivity index (χ0) is 23.5. The lowest BCUT2D eigenvalue weighted by atomic mass is 9.40. The van der Waals surface area contributed by atoms with Gasteiger partial charge in [-0.15, -0.1) is 0 Å². The van der Waals surface area contributed by atoms with E-state index in [4.69, 9.17) is 0 Å². The van der Waals surface area contributed by atoms with Crippen molar-refractivity contribution in [2.24, 2.45) is 47.3 Å². The second-order valence-corrected chi connectivity index (χ2v) is 10.5. The van der Waals surface area contributed by atoms with Crippen LogP contribution in [0.2, 0.25) is 0 Å². The molecule has 4 amide bonds. The summed E-state index contributed by atoms with van der Waals surface area (Å²) >= 11 is 0. The number of carbonyl (C=O) groups excluding carboxylic acids is 4. The Morgan fingerprint density at radius 3 is 1.18 bits per heavy atom. The number of aryl methyl sites for hydroxylation is 2. The normalized spacial score (nSPS) is 37.1. The Labute approximate surface area is 197 Å². The fourth-order valence-electron chi connectivity index (χ4n) is 7.50. The van der Waals surface area contributed by atoms with Crippen LogP contribution < -0.4 is 9.80 Å². The van der Waals surface area contributed by atoms with Gasteiger partial charge in [-0.25, -0.2) is 0 Å².